The van der Waals surface area contributed by atoms with Gasteiger partial charge in [0.05, 0.1) is 6.04 Å². The highest BCUT2D eigenvalue weighted by atomic mass is 16.5. The molecule has 2 aromatic carbocycles. The van der Waals surface area contributed by atoms with E-state index < -0.39 is 0 Å². The fourth-order valence-corrected chi connectivity index (χ4v) is 3.17. The Bertz CT molecular complexity index is 803. The lowest BCUT2D eigenvalue weighted by Crippen LogP contribution is -2.41. The predicted octanol–water partition coefficient (Wildman–Crippen LogP) is 4.74. The summed E-state index contributed by atoms with van der Waals surface area (Å²) >= 11 is 0. The maximum atomic E-state index is 12.4. The molecule has 3 heteroatoms. The molecule has 1 heterocycles. The summed E-state index contributed by atoms with van der Waals surface area (Å²) in [4.78, 5) is 12.4. The lowest BCUT2D eigenvalue weighted by Gasteiger charge is -2.38. The van der Waals surface area contributed by atoms with Crippen LogP contribution in [0.15, 0.2) is 48.5 Å². The van der Waals surface area contributed by atoms with Crippen LogP contribution in [0.5, 0.6) is 5.75 Å². The number of fused-ring (bicyclic) bond motifs is 1. The van der Waals surface area contributed by atoms with Gasteiger partial charge in [-0.25, -0.2) is 0 Å². The number of rotatable bonds is 3. The Kier molecular flexibility index (Phi) is 4.67. The zero-order chi connectivity index (χ0) is 18.0. The maximum absolute atomic E-state index is 12.4. The summed E-state index contributed by atoms with van der Waals surface area (Å²) in [7, 11) is 0. The van der Waals surface area contributed by atoms with E-state index >= 15 is 0 Å². The Labute approximate surface area is 149 Å². The summed E-state index contributed by atoms with van der Waals surface area (Å²) in [5, 5.41) is 3.13. The van der Waals surface area contributed by atoms with Crippen LogP contribution in [-0.4, -0.2) is 11.5 Å². The van der Waals surface area contributed by atoms with Crippen LogP contribution in [0.25, 0.3) is 6.08 Å². The Morgan fingerprint density at radius 1 is 1.12 bits per heavy atom. The van der Waals surface area contributed by atoms with Gasteiger partial charge in [-0.2, -0.15) is 0 Å². The van der Waals surface area contributed by atoms with E-state index in [1.807, 2.05) is 49.4 Å². The van der Waals surface area contributed by atoms with E-state index in [4.69, 9.17) is 4.74 Å². The Balaban J connectivity index is 1.76. The van der Waals surface area contributed by atoms with Crippen LogP contribution in [-0.2, 0) is 4.79 Å². The smallest absolute Gasteiger partial charge is 0.244 e. The van der Waals surface area contributed by atoms with Gasteiger partial charge in [-0.15, -0.1) is 0 Å². The average Bonchev–Trinajstić information content (AvgIpc) is 2.54. The first kappa shape index (κ1) is 17.3. The molecule has 1 aliphatic rings. The van der Waals surface area contributed by atoms with Crippen molar-refractivity contribution in [2.75, 3.05) is 0 Å². The molecule has 25 heavy (non-hydrogen) atoms. The molecule has 0 aromatic heterocycles. The Morgan fingerprint density at radius 3 is 2.52 bits per heavy atom. The van der Waals surface area contributed by atoms with Gasteiger partial charge in [0.1, 0.15) is 11.4 Å². The highest BCUT2D eigenvalue weighted by Gasteiger charge is 2.34. The minimum absolute atomic E-state index is 0.0474. The molecule has 0 saturated heterocycles. The Morgan fingerprint density at radius 2 is 1.80 bits per heavy atom. The molecule has 1 atom stereocenters. The van der Waals surface area contributed by atoms with E-state index in [1.165, 1.54) is 5.56 Å². The molecule has 1 amide bonds. The van der Waals surface area contributed by atoms with E-state index in [1.54, 1.807) is 6.08 Å². The summed E-state index contributed by atoms with van der Waals surface area (Å²) in [5.41, 5.74) is 4.14. The molecule has 0 fully saturated rings. The van der Waals surface area contributed by atoms with E-state index in [-0.39, 0.29) is 17.6 Å². The SMILES string of the molecule is Cc1ccc(/C=C/C(=O)NC2CC(C)(C)Oc3ccc(C)cc32)cc1. The monoisotopic (exact) mass is 335 g/mol. The number of hydrogen-bond donors (Lipinski definition) is 1. The van der Waals surface area contributed by atoms with Gasteiger partial charge in [-0.1, -0.05) is 47.5 Å². The summed E-state index contributed by atoms with van der Waals surface area (Å²) < 4.78 is 6.06. The molecule has 130 valence electrons. The standard InChI is InChI=1S/C22H25NO2/c1-15-5-8-17(9-6-15)10-12-21(24)23-19-14-22(3,4)25-20-11-7-16(2)13-18(19)20/h5-13,19H,14H2,1-4H3,(H,23,24)/b12-10+. The van der Waals surface area contributed by atoms with Crippen LogP contribution in [0.3, 0.4) is 0 Å². The zero-order valence-electron chi connectivity index (χ0n) is 15.3. The van der Waals surface area contributed by atoms with Crippen molar-refractivity contribution in [1.82, 2.24) is 5.32 Å². The van der Waals surface area contributed by atoms with Crippen molar-refractivity contribution in [3.8, 4) is 5.75 Å². The van der Waals surface area contributed by atoms with Gasteiger partial charge >= 0.3 is 0 Å². The van der Waals surface area contributed by atoms with Crippen LogP contribution in [0.2, 0.25) is 0 Å². The molecular formula is C22H25NO2. The summed E-state index contributed by atoms with van der Waals surface area (Å²) in [6, 6.07) is 14.2. The molecule has 1 unspecified atom stereocenters. The average molecular weight is 335 g/mol. The number of ether oxygens (including phenoxy) is 1. The highest BCUT2D eigenvalue weighted by Crippen LogP contribution is 2.39. The molecule has 0 aliphatic carbocycles. The first-order valence-corrected chi connectivity index (χ1v) is 8.67. The number of carbonyl (C=O) groups excluding carboxylic acids is 1. The van der Waals surface area contributed by atoms with Crippen molar-refractivity contribution in [3.05, 3.63) is 70.8 Å². The Hall–Kier alpha value is -2.55. The van der Waals surface area contributed by atoms with Crippen molar-refractivity contribution >= 4 is 12.0 Å². The fourth-order valence-electron chi connectivity index (χ4n) is 3.17. The molecule has 0 bridgehead atoms. The van der Waals surface area contributed by atoms with Gasteiger partial charge in [-0.05, 0) is 45.4 Å². The summed E-state index contributed by atoms with van der Waals surface area (Å²) in [6.45, 7) is 8.21. The summed E-state index contributed by atoms with van der Waals surface area (Å²) in [6.07, 6.45) is 4.19. The third-order valence-corrected chi connectivity index (χ3v) is 4.44. The maximum Gasteiger partial charge on any atom is 0.244 e. The third-order valence-electron chi connectivity index (χ3n) is 4.44. The first-order valence-electron chi connectivity index (χ1n) is 8.67. The van der Waals surface area contributed by atoms with Crippen LogP contribution >= 0.6 is 0 Å². The van der Waals surface area contributed by atoms with Crippen molar-refractivity contribution in [1.29, 1.82) is 0 Å². The van der Waals surface area contributed by atoms with Gasteiger partial charge in [0.15, 0.2) is 0 Å². The van der Waals surface area contributed by atoms with Crippen LogP contribution in [0.1, 0.15) is 48.6 Å². The molecule has 0 radical (unpaired) electrons. The molecule has 3 nitrogen and oxygen atoms in total. The van der Waals surface area contributed by atoms with Gasteiger partial charge in [-0.3, -0.25) is 4.79 Å². The number of amides is 1. The lowest BCUT2D eigenvalue weighted by molar-refractivity contribution is -0.117. The van der Waals surface area contributed by atoms with E-state index in [0.717, 1.165) is 28.9 Å². The van der Waals surface area contributed by atoms with Gasteiger partial charge in [0, 0.05) is 18.1 Å². The molecule has 1 aliphatic heterocycles. The first-order chi connectivity index (χ1) is 11.8. The van der Waals surface area contributed by atoms with Crippen molar-refractivity contribution < 1.29 is 9.53 Å². The zero-order valence-corrected chi connectivity index (χ0v) is 15.3. The van der Waals surface area contributed by atoms with E-state index in [2.05, 4.69) is 32.2 Å². The topological polar surface area (TPSA) is 38.3 Å². The third kappa shape index (κ3) is 4.30. The molecular weight excluding hydrogens is 310 g/mol. The predicted molar refractivity (Wildman–Crippen MR) is 102 cm³/mol. The van der Waals surface area contributed by atoms with Crippen molar-refractivity contribution in [2.24, 2.45) is 0 Å². The molecule has 0 saturated carbocycles. The molecule has 1 N–H and O–H groups in total. The number of aryl methyl sites for hydroxylation is 2. The second-order valence-corrected chi connectivity index (χ2v) is 7.41. The number of hydrogen-bond acceptors (Lipinski definition) is 2. The normalized spacial score (nSPS) is 18.5. The van der Waals surface area contributed by atoms with E-state index in [9.17, 15) is 4.79 Å². The number of carbonyl (C=O) groups is 1. The second-order valence-electron chi connectivity index (χ2n) is 7.41. The van der Waals surface area contributed by atoms with Crippen LogP contribution in [0.4, 0.5) is 0 Å². The number of nitrogens with one attached hydrogen (secondary N) is 1. The summed E-state index contributed by atoms with van der Waals surface area (Å²) in [5.74, 6) is 0.769. The minimum atomic E-state index is -0.305. The molecule has 3 rings (SSSR count). The largest absolute Gasteiger partial charge is 0.487 e. The second kappa shape index (κ2) is 6.75. The number of benzene rings is 2. The van der Waals surface area contributed by atoms with Gasteiger partial charge in [0.25, 0.3) is 0 Å². The quantitative estimate of drug-likeness (QED) is 0.823. The van der Waals surface area contributed by atoms with Gasteiger partial charge < -0.3 is 10.1 Å². The molecule has 0 spiro atoms. The van der Waals surface area contributed by atoms with Crippen LogP contribution in [0, 0.1) is 13.8 Å². The molecule has 2 aromatic rings. The minimum Gasteiger partial charge on any atom is -0.487 e. The van der Waals surface area contributed by atoms with Crippen molar-refractivity contribution in [3.63, 3.8) is 0 Å². The van der Waals surface area contributed by atoms with Crippen LogP contribution < -0.4 is 10.1 Å². The van der Waals surface area contributed by atoms with Crippen molar-refractivity contribution in [2.45, 2.75) is 45.8 Å². The lowest BCUT2D eigenvalue weighted by atomic mass is 9.89. The highest BCUT2D eigenvalue weighted by molar-refractivity contribution is 5.92. The fraction of sp³-hybridized carbons (Fsp3) is 0.318. The van der Waals surface area contributed by atoms with E-state index in [0.29, 0.717) is 0 Å². The van der Waals surface area contributed by atoms with Gasteiger partial charge in [0.2, 0.25) is 5.91 Å².